The summed E-state index contributed by atoms with van der Waals surface area (Å²) in [5.74, 6) is 0.475. The van der Waals surface area contributed by atoms with Crippen molar-refractivity contribution >= 4 is 33.0 Å². The molecule has 2 rings (SSSR count). The molecule has 2 heterocycles. The third kappa shape index (κ3) is 3.16. The topological polar surface area (TPSA) is 40.5 Å². The van der Waals surface area contributed by atoms with Crippen LogP contribution in [0.15, 0.2) is 15.9 Å². The van der Waals surface area contributed by atoms with Crippen LogP contribution in [0, 0.1) is 5.92 Å². The molecule has 1 N–H and O–H groups in total. The van der Waals surface area contributed by atoms with Crippen LogP contribution in [0.2, 0.25) is 0 Å². The zero-order valence-corrected chi connectivity index (χ0v) is 12.1. The molecule has 1 saturated heterocycles. The number of carbonyl (C=O) groups is 1. The molecule has 1 aromatic rings. The number of hydrogen-bond acceptors (Lipinski definition) is 4. The third-order valence-corrected chi connectivity index (χ3v) is 5.12. The van der Waals surface area contributed by atoms with Crippen molar-refractivity contribution in [1.82, 2.24) is 4.90 Å². The Hall–Kier alpha value is -0.230. The minimum Gasteiger partial charge on any atom is -0.392 e. The summed E-state index contributed by atoms with van der Waals surface area (Å²) in [4.78, 5) is 14.9. The van der Waals surface area contributed by atoms with Gasteiger partial charge in [-0.1, -0.05) is 6.92 Å². The van der Waals surface area contributed by atoms with E-state index in [1.807, 2.05) is 16.3 Å². The fraction of sp³-hybridized carbons (Fsp3) is 0.583. The first-order valence-corrected chi connectivity index (χ1v) is 7.42. The van der Waals surface area contributed by atoms with E-state index < -0.39 is 0 Å². The van der Waals surface area contributed by atoms with Crippen LogP contribution < -0.4 is 0 Å². The van der Waals surface area contributed by atoms with Crippen LogP contribution in [0.25, 0.3) is 0 Å². The first-order valence-electron chi connectivity index (χ1n) is 5.74. The Morgan fingerprint density at radius 3 is 3.06 bits per heavy atom. The molecule has 94 valence electrons. The van der Waals surface area contributed by atoms with E-state index in [4.69, 9.17) is 0 Å². The van der Waals surface area contributed by atoms with E-state index in [2.05, 4.69) is 22.9 Å². The minimum atomic E-state index is -0.302. The highest BCUT2D eigenvalue weighted by atomic mass is 79.9. The average molecular weight is 318 g/mol. The fourth-order valence-electron chi connectivity index (χ4n) is 2.03. The maximum Gasteiger partial charge on any atom is 0.187 e. The minimum absolute atomic E-state index is 0.133. The van der Waals surface area contributed by atoms with E-state index in [0.29, 0.717) is 19.0 Å². The first kappa shape index (κ1) is 13.2. The van der Waals surface area contributed by atoms with Gasteiger partial charge in [0.1, 0.15) is 0 Å². The molecule has 1 aliphatic rings. The highest BCUT2D eigenvalue weighted by molar-refractivity contribution is 9.10. The van der Waals surface area contributed by atoms with Crippen molar-refractivity contribution in [2.75, 3.05) is 19.6 Å². The molecule has 17 heavy (non-hydrogen) atoms. The van der Waals surface area contributed by atoms with Gasteiger partial charge in [0.15, 0.2) is 5.78 Å². The summed E-state index contributed by atoms with van der Waals surface area (Å²) in [6, 6.07) is 1.89. The number of rotatable bonds is 3. The number of carbonyl (C=O) groups excluding carboxylic acids is 1. The van der Waals surface area contributed by atoms with Crippen LogP contribution in [0.4, 0.5) is 0 Å². The highest BCUT2D eigenvalue weighted by Crippen LogP contribution is 2.24. The van der Waals surface area contributed by atoms with Crippen LogP contribution >= 0.6 is 27.3 Å². The predicted molar refractivity (Wildman–Crippen MR) is 72.6 cm³/mol. The van der Waals surface area contributed by atoms with E-state index in [-0.39, 0.29) is 11.9 Å². The Bertz CT molecular complexity index is 407. The molecular weight excluding hydrogens is 302 g/mol. The lowest BCUT2D eigenvalue weighted by Gasteiger charge is -2.33. The number of halogens is 1. The van der Waals surface area contributed by atoms with Gasteiger partial charge in [0.05, 0.1) is 17.5 Å². The zero-order chi connectivity index (χ0) is 12.4. The monoisotopic (exact) mass is 317 g/mol. The molecule has 0 radical (unpaired) electrons. The van der Waals surface area contributed by atoms with Crippen molar-refractivity contribution in [2.45, 2.75) is 19.4 Å². The van der Waals surface area contributed by atoms with Crippen LogP contribution in [-0.4, -0.2) is 41.5 Å². The second kappa shape index (κ2) is 5.61. The normalized spacial score (nSPS) is 26.1. The number of nitrogens with zero attached hydrogens (tertiary/aromatic N) is 1. The lowest BCUT2D eigenvalue weighted by atomic mass is 9.96. The summed E-state index contributed by atoms with van der Waals surface area (Å²) in [6.07, 6.45) is 0.656. The maximum atomic E-state index is 12.0. The third-order valence-electron chi connectivity index (χ3n) is 3.24. The number of β-amino-alcohol motifs (C(OH)–C–C–N with tert-alkyl or cyclic N) is 1. The van der Waals surface area contributed by atoms with Gasteiger partial charge in [0, 0.05) is 11.0 Å². The summed E-state index contributed by atoms with van der Waals surface area (Å²) in [6.45, 7) is 3.96. The quantitative estimate of drug-likeness (QED) is 0.870. The molecule has 2 unspecified atom stereocenters. The van der Waals surface area contributed by atoms with Crippen molar-refractivity contribution in [2.24, 2.45) is 5.92 Å². The molecular formula is C12H16BrNO2S. The molecule has 1 fully saturated rings. The molecule has 3 nitrogen and oxygen atoms in total. The van der Waals surface area contributed by atoms with Gasteiger partial charge in [-0.25, -0.2) is 0 Å². The van der Waals surface area contributed by atoms with Gasteiger partial charge in [-0.05, 0) is 46.3 Å². The summed E-state index contributed by atoms with van der Waals surface area (Å²) < 4.78 is 0.874. The number of likely N-dealkylation sites (tertiary alicyclic amines) is 1. The second-order valence-corrected chi connectivity index (χ2v) is 6.36. The van der Waals surface area contributed by atoms with Crippen molar-refractivity contribution in [3.05, 3.63) is 20.8 Å². The number of Topliss-reactive ketones (excluding diaryl/α,β-unsaturated/α-hetero) is 1. The maximum absolute atomic E-state index is 12.0. The van der Waals surface area contributed by atoms with Gasteiger partial charge in [-0.2, -0.15) is 0 Å². The SMILES string of the molecule is CC1CCN(CC(=O)c2sccc2Br)CC1O. The summed E-state index contributed by atoms with van der Waals surface area (Å²) >= 11 is 4.84. The summed E-state index contributed by atoms with van der Waals surface area (Å²) in [5, 5.41) is 11.7. The van der Waals surface area contributed by atoms with E-state index in [0.717, 1.165) is 22.3 Å². The standard InChI is InChI=1S/C12H16BrNO2S/c1-8-2-4-14(6-10(8)15)7-11(16)12-9(13)3-5-17-12/h3,5,8,10,15H,2,4,6-7H2,1H3. The van der Waals surface area contributed by atoms with Gasteiger partial charge in [-0.15, -0.1) is 11.3 Å². The summed E-state index contributed by atoms with van der Waals surface area (Å²) in [5.41, 5.74) is 0. The molecule has 1 aromatic heterocycles. The molecule has 1 aliphatic heterocycles. The molecule has 0 amide bonds. The Morgan fingerprint density at radius 1 is 1.71 bits per heavy atom. The Kier molecular flexibility index (Phi) is 4.36. The number of hydrogen-bond donors (Lipinski definition) is 1. The van der Waals surface area contributed by atoms with E-state index in [1.165, 1.54) is 11.3 Å². The van der Waals surface area contributed by atoms with Gasteiger partial charge in [0.2, 0.25) is 0 Å². The number of aliphatic hydroxyl groups is 1. The highest BCUT2D eigenvalue weighted by Gasteiger charge is 2.26. The summed E-state index contributed by atoms with van der Waals surface area (Å²) in [7, 11) is 0. The van der Waals surface area contributed by atoms with Crippen molar-refractivity contribution in [3.8, 4) is 0 Å². The van der Waals surface area contributed by atoms with Crippen LogP contribution in [0.3, 0.4) is 0 Å². The van der Waals surface area contributed by atoms with Crippen LogP contribution in [0.1, 0.15) is 23.0 Å². The van der Waals surface area contributed by atoms with E-state index >= 15 is 0 Å². The Labute approximate surface area is 114 Å². The molecule has 0 spiro atoms. The lowest BCUT2D eigenvalue weighted by molar-refractivity contribution is 0.0295. The average Bonchev–Trinajstić information content (AvgIpc) is 2.70. The second-order valence-electron chi connectivity index (χ2n) is 4.59. The first-order chi connectivity index (χ1) is 8.08. The van der Waals surface area contributed by atoms with Gasteiger partial charge in [-0.3, -0.25) is 9.69 Å². The van der Waals surface area contributed by atoms with E-state index in [1.54, 1.807) is 0 Å². The van der Waals surface area contributed by atoms with Gasteiger partial charge in [0.25, 0.3) is 0 Å². The number of ketones is 1. The van der Waals surface area contributed by atoms with Gasteiger partial charge < -0.3 is 5.11 Å². The number of thiophene rings is 1. The molecule has 0 aliphatic carbocycles. The number of piperidine rings is 1. The van der Waals surface area contributed by atoms with E-state index in [9.17, 15) is 9.90 Å². The fourth-order valence-corrected chi connectivity index (χ4v) is 3.55. The molecule has 0 bridgehead atoms. The van der Waals surface area contributed by atoms with Crippen molar-refractivity contribution < 1.29 is 9.90 Å². The van der Waals surface area contributed by atoms with Crippen molar-refractivity contribution in [3.63, 3.8) is 0 Å². The largest absolute Gasteiger partial charge is 0.392 e. The van der Waals surface area contributed by atoms with Crippen LogP contribution in [-0.2, 0) is 0 Å². The molecule has 0 aromatic carbocycles. The molecule has 5 heteroatoms. The number of aliphatic hydroxyl groups excluding tert-OH is 1. The zero-order valence-electron chi connectivity index (χ0n) is 9.73. The smallest absolute Gasteiger partial charge is 0.187 e. The Balaban J connectivity index is 1.94. The van der Waals surface area contributed by atoms with Gasteiger partial charge >= 0.3 is 0 Å². The lowest BCUT2D eigenvalue weighted by Crippen LogP contribution is -2.44. The molecule has 0 saturated carbocycles. The van der Waals surface area contributed by atoms with Crippen molar-refractivity contribution in [1.29, 1.82) is 0 Å². The molecule has 2 atom stereocenters. The van der Waals surface area contributed by atoms with Crippen LogP contribution in [0.5, 0.6) is 0 Å². The Morgan fingerprint density at radius 2 is 2.47 bits per heavy atom. The predicted octanol–water partition coefficient (Wildman–Crippen LogP) is 2.40.